The number of rotatable bonds is 3. The van der Waals surface area contributed by atoms with Crippen molar-refractivity contribution in [1.29, 1.82) is 0 Å². The predicted octanol–water partition coefficient (Wildman–Crippen LogP) is 0.0422. The summed E-state index contributed by atoms with van der Waals surface area (Å²) < 4.78 is 43.0. The lowest BCUT2D eigenvalue weighted by Crippen LogP contribution is -2.56. The zero-order chi connectivity index (χ0) is 16.5. The normalized spacial score (nSPS) is 29.4. The Morgan fingerprint density at radius 1 is 1.32 bits per heavy atom. The van der Waals surface area contributed by atoms with Gasteiger partial charge in [-0.15, -0.1) is 0 Å². The number of ether oxygens (including phenoxy) is 1. The molecule has 0 radical (unpaired) electrons. The molecule has 22 heavy (non-hydrogen) atoms. The van der Waals surface area contributed by atoms with Crippen LogP contribution in [0.1, 0.15) is 5.69 Å². The minimum absolute atomic E-state index is 0.146. The minimum Gasteiger partial charge on any atom is -0.394 e. The molecule has 0 aliphatic carbocycles. The molecule has 2 rings (SSSR count). The smallest absolute Gasteiger partial charge is 0.394 e. The van der Waals surface area contributed by atoms with Gasteiger partial charge in [0, 0.05) is 6.07 Å². The fourth-order valence-electron chi connectivity index (χ4n) is 2.00. The van der Waals surface area contributed by atoms with Gasteiger partial charge in [-0.25, -0.2) is 9.97 Å². The van der Waals surface area contributed by atoms with Crippen LogP contribution in [0.4, 0.5) is 19.0 Å². The molecule has 0 amide bonds. The molecule has 1 aromatic rings. The number of anilines is 1. The van der Waals surface area contributed by atoms with E-state index in [9.17, 15) is 23.4 Å². The Labute approximate surface area is 127 Å². The fraction of sp³-hybridized carbons (Fsp3) is 0.636. The quantitative estimate of drug-likeness (QED) is 0.574. The van der Waals surface area contributed by atoms with Crippen LogP contribution in [0.3, 0.4) is 0 Å². The molecule has 1 aliphatic heterocycles. The second kappa shape index (κ2) is 6.50. The van der Waals surface area contributed by atoms with Crippen LogP contribution in [-0.2, 0) is 10.9 Å². The van der Waals surface area contributed by atoms with Crippen molar-refractivity contribution in [3.63, 3.8) is 0 Å². The van der Waals surface area contributed by atoms with E-state index in [-0.39, 0.29) is 12.4 Å². The van der Waals surface area contributed by atoms with Gasteiger partial charge >= 0.3 is 6.18 Å². The highest BCUT2D eigenvalue weighted by Gasteiger charge is 2.39. The third-order valence-electron chi connectivity index (χ3n) is 3.14. The lowest BCUT2D eigenvalue weighted by Gasteiger charge is -2.37. The lowest BCUT2D eigenvalue weighted by molar-refractivity contribution is -0.152. The standard InChI is InChI=1S/C11H13ClF3N3O4/c12-10-17-6(11(13,14)15)1-7(18-10)16-4-3-22-5(2-19)9(21)8(4)20/h1,4-5,8-9,19-21H,2-3H2,(H,16,17,18). The second-order valence-electron chi connectivity index (χ2n) is 4.69. The molecule has 0 aromatic carbocycles. The number of alkyl halides is 3. The predicted molar refractivity (Wildman–Crippen MR) is 68.3 cm³/mol. The van der Waals surface area contributed by atoms with Crippen molar-refractivity contribution in [3.8, 4) is 0 Å². The molecule has 4 N–H and O–H groups in total. The van der Waals surface area contributed by atoms with Crippen LogP contribution in [0, 0.1) is 0 Å². The molecule has 1 aliphatic rings. The van der Waals surface area contributed by atoms with Gasteiger partial charge in [-0.1, -0.05) is 0 Å². The van der Waals surface area contributed by atoms with Crippen molar-refractivity contribution in [3.05, 3.63) is 17.0 Å². The molecule has 11 heteroatoms. The summed E-state index contributed by atoms with van der Waals surface area (Å²) in [6.07, 6.45) is -8.43. The van der Waals surface area contributed by atoms with Gasteiger partial charge in [0.2, 0.25) is 5.28 Å². The molecule has 0 bridgehead atoms. The van der Waals surface area contributed by atoms with Gasteiger partial charge in [0.05, 0.1) is 19.3 Å². The Hall–Kier alpha value is -1.20. The van der Waals surface area contributed by atoms with Gasteiger partial charge in [0.1, 0.15) is 24.1 Å². The Morgan fingerprint density at radius 2 is 2.00 bits per heavy atom. The summed E-state index contributed by atoms with van der Waals surface area (Å²) in [6, 6.07) is -0.298. The second-order valence-corrected chi connectivity index (χ2v) is 5.03. The van der Waals surface area contributed by atoms with Gasteiger partial charge in [0.25, 0.3) is 0 Å². The molecule has 4 unspecified atom stereocenters. The monoisotopic (exact) mass is 343 g/mol. The minimum atomic E-state index is -4.70. The van der Waals surface area contributed by atoms with Crippen molar-refractivity contribution in [2.45, 2.75) is 30.5 Å². The number of aliphatic hydroxyl groups excluding tert-OH is 3. The average Bonchev–Trinajstić information content (AvgIpc) is 2.43. The van der Waals surface area contributed by atoms with Crippen LogP contribution >= 0.6 is 11.6 Å². The molecule has 4 atom stereocenters. The maximum absolute atomic E-state index is 12.6. The number of halogens is 4. The van der Waals surface area contributed by atoms with Crippen LogP contribution in [0.25, 0.3) is 0 Å². The van der Waals surface area contributed by atoms with Crippen molar-refractivity contribution < 1.29 is 33.2 Å². The molecule has 2 heterocycles. The topological polar surface area (TPSA) is 108 Å². The Morgan fingerprint density at radius 3 is 2.59 bits per heavy atom. The highest BCUT2D eigenvalue weighted by atomic mass is 35.5. The number of hydrogen-bond acceptors (Lipinski definition) is 7. The Kier molecular flexibility index (Phi) is 5.07. The molecule has 0 spiro atoms. The van der Waals surface area contributed by atoms with E-state index in [1.165, 1.54) is 0 Å². The van der Waals surface area contributed by atoms with E-state index in [2.05, 4.69) is 15.3 Å². The van der Waals surface area contributed by atoms with Crippen LogP contribution in [0.2, 0.25) is 5.28 Å². The molecular formula is C11H13ClF3N3O4. The number of nitrogens with zero attached hydrogens (tertiary/aromatic N) is 2. The van der Waals surface area contributed by atoms with Gasteiger partial charge in [-0.3, -0.25) is 0 Å². The number of aliphatic hydroxyl groups is 3. The zero-order valence-electron chi connectivity index (χ0n) is 11.0. The first kappa shape index (κ1) is 17.2. The maximum Gasteiger partial charge on any atom is 0.433 e. The first-order valence-electron chi connectivity index (χ1n) is 6.19. The Balaban J connectivity index is 2.16. The summed E-state index contributed by atoms with van der Waals surface area (Å²) in [6.45, 7) is -0.644. The summed E-state index contributed by atoms with van der Waals surface area (Å²) in [7, 11) is 0. The Bertz CT molecular complexity index is 534. The van der Waals surface area contributed by atoms with E-state index in [0.717, 1.165) is 0 Å². The molecule has 1 fully saturated rings. The molecule has 0 saturated carbocycles. The van der Waals surface area contributed by atoms with Gasteiger partial charge in [0.15, 0.2) is 5.69 Å². The summed E-state index contributed by atoms with van der Waals surface area (Å²) in [5.74, 6) is -0.269. The zero-order valence-corrected chi connectivity index (χ0v) is 11.7. The summed E-state index contributed by atoms with van der Waals surface area (Å²) in [5, 5.41) is 30.4. The summed E-state index contributed by atoms with van der Waals surface area (Å²) in [5.41, 5.74) is -1.24. The highest BCUT2D eigenvalue weighted by Crippen LogP contribution is 2.30. The van der Waals surface area contributed by atoms with Gasteiger partial charge in [-0.05, 0) is 11.6 Å². The fourth-order valence-corrected chi connectivity index (χ4v) is 2.18. The van der Waals surface area contributed by atoms with Crippen molar-refractivity contribution in [2.75, 3.05) is 18.5 Å². The third-order valence-corrected chi connectivity index (χ3v) is 3.30. The molecule has 7 nitrogen and oxygen atoms in total. The first-order valence-corrected chi connectivity index (χ1v) is 6.57. The van der Waals surface area contributed by atoms with Gasteiger partial charge in [-0.2, -0.15) is 13.2 Å². The van der Waals surface area contributed by atoms with E-state index in [4.69, 9.17) is 21.4 Å². The van der Waals surface area contributed by atoms with E-state index in [1.54, 1.807) is 0 Å². The van der Waals surface area contributed by atoms with Crippen LogP contribution in [-0.4, -0.2) is 62.9 Å². The summed E-state index contributed by atoms with van der Waals surface area (Å²) >= 11 is 5.45. The molecule has 1 aromatic heterocycles. The van der Waals surface area contributed by atoms with E-state index < -0.39 is 48.1 Å². The first-order chi connectivity index (χ1) is 10.2. The highest BCUT2D eigenvalue weighted by molar-refractivity contribution is 6.28. The molecule has 124 valence electrons. The van der Waals surface area contributed by atoms with Crippen molar-refractivity contribution >= 4 is 17.4 Å². The van der Waals surface area contributed by atoms with E-state index in [1.807, 2.05) is 0 Å². The van der Waals surface area contributed by atoms with Crippen molar-refractivity contribution in [2.24, 2.45) is 0 Å². The van der Waals surface area contributed by atoms with Crippen LogP contribution in [0.15, 0.2) is 6.07 Å². The molecular weight excluding hydrogens is 331 g/mol. The average molecular weight is 344 g/mol. The van der Waals surface area contributed by atoms with Gasteiger partial charge < -0.3 is 25.4 Å². The van der Waals surface area contributed by atoms with E-state index >= 15 is 0 Å². The number of hydrogen-bond donors (Lipinski definition) is 4. The third kappa shape index (κ3) is 3.76. The van der Waals surface area contributed by atoms with Crippen LogP contribution in [0.5, 0.6) is 0 Å². The van der Waals surface area contributed by atoms with E-state index in [0.29, 0.717) is 6.07 Å². The van der Waals surface area contributed by atoms with Crippen LogP contribution < -0.4 is 5.32 Å². The summed E-state index contributed by atoms with van der Waals surface area (Å²) in [4.78, 5) is 6.66. The number of nitrogens with one attached hydrogen (secondary N) is 1. The number of aromatic nitrogens is 2. The maximum atomic E-state index is 12.6. The SMILES string of the molecule is OCC1OCC(Nc2cc(C(F)(F)F)nc(Cl)n2)C(O)C1O. The molecule has 1 saturated heterocycles. The lowest BCUT2D eigenvalue weighted by atomic mass is 9.98. The van der Waals surface area contributed by atoms with Crippen molar-refractivity contribution in [1.82, 2.24) is 9.97 Å². The largest absolute Gasteiger partial charge is 0.433 e.